The van der Waals surface area contributed by atoms with Gasteiger partial charge in [-0.2, -0.15) is 5.10 Å². The quantitative estimate of drug-likeness (QED) is 0.776. The van der Waals surface area contributed by atoms with E-state index < -0.39 is 6.10 Å². The molecule has 0 aliphatic rings. The molecule has 1 unspecified atom stereocenters. The van der Waals surface area contributed by atoms with Gasteiger partial charge < -0.3 is 5.11 Å². The molecule has 3 rings (SSSR count). The third-order valence-corrected chi connectivity index (χ3v) is 3.31. The summed E-state index contributed by atoms with van der Waals surface area (Å²) in [5.41, 5.74) is 3.74. The number of aromatic amines is 1. The van der Waals surface area contributed by atoms with Crippen molar-refractivity contribution in [2.24, 2.45) is 0 Å². The van der Waals surface area contributed by atoms with Gasteiger partial charge in [0.05, 0.1) is 11.9 Å². The summed E-state index contributed by atoms with van der Waals surface area (Å²) in [7, 11) is 0. The van der Waals surface area contributed by atoms with Crippen molar-refractivity contribution >= 4 is 0 Å². The zero-order valence-corrected chi connectivity index (χ0v) is 11.4. The number of aryl methyl sites for hydroxylation is 1. The van der Waals surface area contributed by atoms with Crippen LogP contribution in [0.25, 0.3) is 11.3 Å². The van der Waals surface area contributed by atoms with E-state index in [-0.39, 0.29) is 5.82 Å². The minimum absolute atomic E-state index is 0.303. The number of nitrogens with zero attached hydrogens (tertiary/aromatic N) is 2. The van der Waals surface area contributed by atoms with Gasteiger partial charge >= 0.3 is 0 Å². The maximum absolute atomic E-state index is 13.0. The van der Waals surface area contributed by atoms with E-state index in [2.05, 4.69) is 15.2 Å². The highest BCUT2D eigenvalue weighted by molar-refractivity contribution is 5.63. The summed E-state index contributed by atoms with van der Waals surface area (Å²) < 4.78 is 13.0. The number of rotatable bonds is 3. The molecule has 0 radical (unpaired) electrons. The maximum atomic E-state index is 13.0. The van der Waals surface area contributed by atoms with E-state index in [9.17, 15) is 9.50 Å². The lowest BCUT2D eigenvalue weighted by Gasteiger charge is -2.12. The first kappa shape index (κ1) is 13.5. The van der Waals surface area contributed by atoms with Crippen LogP contribution in [0.15, 0.2) is 48.9 Å². The average Bonchev–Trinajstić information content (AvgIpc) is 2.96. The lowest BCUT2D eigenvalue weighted by molar-refractivity contribution is 0.220. The summed E-state index contributed by atoms with van der Waals surface area (Å²) in [6, 6.07) is 7.92. The largest absolute Gasteiger partial charge is 0.383 e. The van der Waals surface area contributed by atoms with Crippen LogP contribution in [0.1, 0.15) is 22.8 Å². The highest BCUT2D eigenvalue weighted by Gasteiger charge is 2.18. The number of pyridine rings is 1. The Bertz CT molecular complexity index is 752. The Morgan fingerprint density at radius 1 is 1.14 bits per heavy atom. The topological polar surface area (TPSA) is 61.8 Å². The van der Waals surface area contributed by atoms with Crippen LogP contribution in [0.4, 0.5) is 4.39 Å². The highest BCUT2D eigenvalue weighted by atomic mass is 19.1. The van der Waals surface area contributed by atoms with Gasteiger partial charge in [0.15, 0.2) is 0 Å². The third kappa shape index (κ3) is 2.68. The van der Waals surface area contributed by atoms with Gasteiger partial charge in [0.2, 0.25) is 0 Å². The van der Waals surface area contributed by atoms with Crippen molar-refractivity contribution in [1.29, 1.82) is 0 Å². The predicted octanol–water partition coefficient (Wildman–Crippen LogP) is 3.00. The van der Waals surface area contributed by atoms with E-state index >= 15 is 0 Å². The first-order chi connectivity index (χ1) is 10.1. The number of nitrogens with one attached hydrogen (secondary N) is 1. The molecule has 21 heavy (non-hydrogen) atoms. The van der Waals surface area contributed by atoms with Gasteiger partial charge in [-0.3, -0.25) is 10.1 Å². The van der Waals surface area contributed by atoms with Gasteiger partial charge in [-0.05, 0) is 36.8 Å². The van der Waals surface area contributed by atoms with Crippen LogP contribution >= 0.6 is 0 Å². The molecular formula is C16H14FN3O. The molecule has 1 atom stereocenters. The zero-order valence-electron chi connectivity index (χ0n) is 11.4. The second-order valence-corrected chi connectivity index (χ2v) is 4.91. The predicted molar refractivity (Wildman–Crippen MR) is 77.0 cm³/mol. The van der Waals surface area contributed by atoms with Gasteiger partial charge in [0.1, 0.15) is 11.9 Å². The minimum Gasteiger partial charge on any atom is -0.383 e. The van der Waals surface area contributed by atoms with Crippen LogP contribution in [0.2, 0.25) is 0 Å². The molecule has 106 valence electrons. The summed E-state index contributed by atoms with van der Waals surface area (Å²) >= 11 is 0. The molecule has 0 fully saturated rings. The second kappa shape index (κ2) is 5.46. The van der Waals surface area contributed by atoms with Crippen molar-refractivity contribution < 1.29 is 9.50 Å². The lowest BCUT2D eigenvalue weighted by Crippen LogP contribution is -2.01. The van der Waals surface area contributed by atoms with Gasteiger partial charge in [-0.15, -0.1) is 0 Å². The molecule has 0 saturated heterocycles. The number of aromatic nitrogens is 3. The van der Waals surface area contributed by atoms with E-state index in [0.717, 1.165) is 11.1 Å². The first-order valence-corrected chi connectivity index (χ1v) is 6.54. The molecule has 0 amide bonds. The molecule has 5 heteroatoms. The fraction of sp³-hybridized carbons (Fsp3) is 0.125. The first-order valence-electron chi connectivity index (χ1n) is 6.54. The Morgan fingerprint density at radius 2 is 1.90 bits per heavy atom. The van der Waals surface area contributed by atoms with Crippen molar-refractivity contribution in [3.05, 3.63) is 71.4 Å². The summed E-state index contributed by atoms with van der Waals surface area (Å²) in [6.07, 6.45) is 4.09. The van der Waals surface area contributed by atoms with E-state index in [1.807, 2.05) is 13.0 Å². The zero-order chi connectivity index (χ0) is 14.8. The van der Waals surface area contributed by atoms with Crippen LogP contribution in [-0.4, -0.2) is 20.3 Å². The smallest absolute Gasteiger partial charge is 0.123 e. The fourth-order valence-corrected chi connectivity index (χ4v) is 2.26. The number of hydrogen-bond acceptors (Lipinski definition) is 3. The molecule has 4 nitrogen and oxygen atoms in total. The molecule has 0 aliphatic heterocycles. The highest BCUT2D eigenvalue weighted by Crippen LogP contribution is 2.30. The molecule has 0 bridgehead atoms. The van der Waals surface area contributed by atoms with Crippen molar-refractivity contribution in [3.8, 4) is 11.3 Å². The van der Waals surface area contributed by atoms with E-state index in [1.165, 1.54) is 12.1 Å². The Labute approximate surface area is 121 Å². The molecule has 0 spiro atoms. The van der Waals surface area contributed by atoms with Crippen LogP contribution in [0.5, 0.6) is 0 Å². The summed E-state index contributed by atoms with van der Waals surface area (Å²) in [4.78, 5) is 4.09. The van der Waals surface area contributed by atoms with E-state index in [0.29, 0.717) is 16.8 Å². The summed E-state index contributed by atoms with van der Waals surface area (Å²) in [5.74, 6) is -0.303. The van der Waals surface area contributed by atoms with Gasteiger partial charge in [0.25, 0.3) is 0 Å². The van der Waals surface area contributed by atoms with Gasteiger partial charge in [-0.1, -0.05) is 6.07 Å². The van der Waals surface area contributed by atoms with Crippen LogP contribution in [0, 0.1) is 12.7 Å². The number of aliphatic hydroxyl groups is 1. The molecule has 2 heterocycles. The minimum atomic E-state index is -0.837. The van der Waals surface area contributed by atoms with Crippen LogP contribution < -0.4 is 0 Å². The SMILES string of the molecule is Cc1cncc(C(O)c2cn[nH]c2-c2ccc(F)cc2)c1. The standard InChI is InChI=1S/C16H14FN3O/c1-10-6-12(8-18-7-10)16(21)14-9-19-20-15(14)11-2-4-13(17)5-3-11/h2-9,16,21H,1H3,(H,19,20). The Hall–Kier alpha value is -2.53. The fourth-order valence-electron chi connectivity index (χ4n) is 2.26. The second-order valence-electron chi connectivity index (χ2n) is 4.91. The number of benzene rings is 1. The Balaban J connectivity index is 2.00. The number of halogens is 1. The molecular weight excluding hydrogens is 269 g/mol. The average molecular weight is 283 g/mol. The molecule has 3 aromatic rings. The Morgan fingerprint density at radius 3 is 2.62 bits per heavy atom. The summed E-state index contributed by atoms with van der Waals surface area (Å²) in [5, 5.41) is 17.4. The number of aliphatic hydroxyl groups excluding tert-OH is 1. The van der Waals surface area contributed by atoms with Gasteiger partial charge in [-0.25, -0.2) is 4.39 Å². The lowest BCUT2D eigenvalue weighted by atomic mass is 9.99. The van der Waals surface area contributed by atoms with Crippen molar-refractivity contribution in [2.45, 2.75) is 13.0 Å². The van der Waals surface area contributed by atoms with Gasteiger partial charge in [0, 0.05) is 29.1 Å². The maximum Gasteiger partial charge on any atom is 0.123 e. The van der Waals surface area contributed by atoms with Crippen LogP contribution in [-0.2, 0) is 0 Å². The number of hydrogen-bond donors (Lipinski definition) is 2. The molecule has 0 aliphatic carbocycles. The molecule has 1 aromatic carbocycles. The number of H-pyrrole nitrogens is 1. The third-order valence-electron chi connectivity index (χ3n) is 3.31. The normalized spacial score (nSPS) is 12.3. The monoisotopic (exact) mass is 283 g/mol. The molecule has 2 N–H and O–H groups in total. The molecule has 0 saturated carbocycles. The van der Waals surface area contributed by atoms with E-state index in [1.54, 1.807) is 30.7 Å². The Kier molecular flexibility index (Phi) is 3.50. The molecule has 2 aromatic heterocycles. The van der Waals surface area contributed by atoms with Crippen LogP contribution in [0.3, 0.4) is 0 Å². The summed E-state index contributed by atoms with van der Waals surface area (Å²) in [6.45, 7) is 1.92. The van der Waals surface area contributed by atoms with E-state index in [4.69, 9.17) is 0 Å². The van der Waals surface area contributed by atoms with Crippen molar-refractivity contribution in [2.75, 3.05) is 0 Å². The van der Waals surface area contributed by atoms with Crippen molar-refractivity contribution in [1.82, 2.24) is 15.2 Å². The van der Waals surface area contributed by atoms with Crippen molar-refractivity contribution in [3.63, 3.8) is 0 Å².